The minimum Gasteiger partial charge on any atom is -0.369 e. The first-order chi connectivity index (χ1) is 9.44. The highest BCUT2D eigenvalue weighted by Gasteiger charge is 2.26. The maximum absolute atomic E-state index is 11.4. The second-order valence-electron chi connectivity index (χ2n) is 5.17. The van der Waals surface area contributed by atoms with Crippen LogP contribution in [0.2, 0.25) is 0 Å². The van der Waals surface area contributed by atoms with Crippen LogP contribution in [0.1, 0.15) is 27.2 Å². The van der Waals surface area contributed by atoms with Gasteiger partial charge in [-0.2, -0.15) is 0 Å². The Bertz CT molecular complexity index is 618. The van der Waals surface area contributed by atoms with Gasteiger partial charge in [0.2, 0.25) is 5.91 Å². The predicted molar refractivity (Wildman–Crippen MR) is 78.7 cm³/mol. The third-order valence-electron chi connectivity index (χ3n) is 2.98. The van der Waals surface area contributed by atoms with Gasteiger partial charge in [0.25, 0.3) is 0 Å². The van der Waals surface area contributed by atoms with Gasteiger partial charge in [-0.15, -0.1) is 0 Å². The van der Waals surface area contributed by atoms with Crippen molar-refractivity contribution < 1.29 is 4.79 Å². The van der Waals surface area contributed by atoms with E-state index in [9.17, 15) is 4.79 Å². The zero-order chi connectivity index (χ0) is 14.8. The maximum Gasteiger partial charge on any atom is 0.242 e. The Labute approximate surface area is 117 Å². The number of amides is 1. The summed E-state index contributed by atoms with van der Waals surface area (Å²) >= 11 is 0. The van der Waals surface area contributed by atoms with Crippen molar-refractivity contribution in [3.63, 3.8) is 0 Å². The van der Waals surface area contributed by atoms with E-state index in [4.69, 9.17) is 5.73 Å². The molecule has 1 amide bonds. The van der Waals surface area contributed by atoms with Crippen molar-refractivity contribution in [3.05, 3.63) is 18.6 Å². The van der Waals surface area contributed by atoms with Gasteiger partial charge in [-0.05, 0) is 20.3 Å². The fourth-order valence-corrected chi connectivity index (χ4v) is 1.71. The number of hydrogen-bond donors (Lipinski definition) is 3. The molecule has 108 valence electrons. The van der Waals surface area contributed by atoms with Crippen molar-refractivity contribution in [1.82, 2.24) is 14.4 Å². The number of aromatic nitrogens is 3. The summed E-state index contributed by atoms with van der Waals surface area (Å²) in [4.78, 5) is 20.2. The average molecular weight is 276 g/mol. The van der Waals surface area contributed by atoms with Crippen LogP contribution in [-0.4, -0.2) is 32.4 Å². The molecule has 7 heteroatoms. The second-order valence-corrected chi connectivity index (χ2v) is 5.17. The van der Waals surface area contributed by atoms with Crippen molar-refractivity contribution in [2.75, 3.05) is 17.2 Å². The molecule has 2 aromatic heterocycles. The number of rotatable bonds is 6. The Morgan fingerprint density at radius 1 is 1.50 bits per heavy atom. The first-order valence-corrected chi connectivity index (χ1v) is 6.59. The third kappa shape index (κ3) is 2.81. The van der Waals surface area contributed by atoms with Crippen molar-refractivity contribution >= 4 is 23.2 Å². The monoisotopic (exact) mass is 276 g/mol. The molecule has 0 aromatic carbocycles. The molecule has 0 saturated carbocycles. The van der Waals surface area contributed by atoms with E-state index < -0.39 is 11.4 Å². The molecule has 0 atom stereocenters. The van der Waals surface area contributed by atoms with Crippen molar-refractivity contribution in [3.8, 4) is 0 Å². The maximum atomic E-state index is 11.4. The van der Waals surface area contributed by atoms with Crippen LogP contribution in [0.3, 0.4) is 0 Å². The smallest absolute Gasteiger partial charge is 0.242 e. The molecule has 0 aliphatic heterocycles. The number of fused-ring (bicyclic) bond motifs is 1. The van der Waals surface area contributed by atoms with Gasteiger partial charge in [0.05, 0.1) is 6.20 Å². The molecule has 0 radical (unpaired) electrons. The molecule has 0 aliphatic carbocycles. The van der Waals surface area contributed by atoms with Crippen LogP contribution in [0.15, 0.2) is 18.6 Å². The van der Waals surface area contributed by atoms with Crippen LogP contribution in [0.5, 0.6) is 0 Å². The molecule has 2 heterocycles. The number of nitrogens with zero attached hydrogens (tertiary/aromatic N) is 3. The highest BCUT2D eigenvalue weighted by atomic mass is 16.1. The Kier molecular flexibility index (Phi) is 3.78. The zero-order valence-corrected chi connectivity index (χ0v) is 12.0. The fraction of sp³-hybridized carbons (Fsp3) is 0.462. The molecule has 20 heavy (non-hydrogen) atoms. The van der Waals surface area contributed by atoms with Gasteiger partial charge in [-0.25, -0.2) is 9.97 Å². The summed E-state index contributed by atoms with van der Waals surface area (Å²) in [5.74, 6) is 0.802. The summed E-state index contributed by atoms with van der Waals surface area (Å²) in [6, 6.07) is 0. The van der Waals surface area contributed by atoms with Gasteiger partial charge in [-0.3, -0.25) is 4.79 Å². The van der Waals surface area contributed by atoms with E-state index in [-0.39, 0.29) is 0 Å². The lowest BCUT2D eigenvalue weighted by atomic mass is 10.1. The summed E-state index contributed by atoms with van der Waals surface area (Å²) in [6.45, 7) is 6.33. The lowest BCUT2D eigenvalue weighted by Crippen LogP contribution is -2.45. The van der Waals surface area contributed by atoms with Gasteiger partial charge in [0, 0.05) is 18.9 Å². The third-order valence-corrected chi connectivity index (χ3v) is 2.98. The molecule has 0 aliphatic rings. The highest BCUT2D eigenvalue weighted by molar-refractivity contribution is 5.87. The topological polar surface area (TPSA) is 97.3 Å². The number of carbonyl (C=O) groups is 1. The van der Waals surface area contributed by atoms with E-state index in [0.717, 1.165) is 18.8 Å². The number of nitrogens with one attached hydrogen (secondary N) is 2. The first-order valence-electron chi connectivity index (χ1n) is 6.59. The molecule has 0 saturated heterocycles. The molecule has 0 bridgehead atoms. The average Bonchev–Trinajstić information content (AvgIpc) is 2.84. The van der Waals surface area contributed by atoms with Crippen molar-refractivity contribution in [2.24, 2.45) is 5.73 Å². The van der Waals surface area contributed by atoms with E-state index >= 15 is 0 Å². The summed E-state index contributed by atoms with van der Waals surface area (Å²) in [5.41, 5.74) is 5.14. The van der Waals surface area contributed by atoms with E-state index in [1.165, 1.54) is 0 Å². The standard InChI is InChI=1S/C13H20N6O/c1-4-5-15-9-8-19-7-6-16-11(19)10(17-9)18-13(2,3)12(14)20/h6-8,15H,4-5H2,1-3H3,(H2,14,20)(H,17,18). The predicted octanol–water partition coefficient (Wildman–Crippen LogP) is 1.23. The number of primary amides is 1. The Hall–Kier alpha value is -2.31. The summed E-state index contributed by atoms with van der Waals surface area (Å²) < 4.78 is 1.85. The number of imidazole rings is 1. The number of carbonyl (C=O) groups excluding carboxylic acids is 1. The van der Waals surface area contributed by atoms with Gasteiger partial charge < -0.3 is 20.8 Å². The van der Waals surface area contributed by atoms with Crippen LogP contribution in [-0.2, 0) is 4.79 Å². The quantitative estimate of drug-likeness (QED) is 0.737. The Balaban J connectivity index is 2.39. The van der Waals surface area contributed by atoms with Crippen LogP contribution in [0, 0.1) is 0 Å². The Morgan fingerprint density at radius 3 is 2.90 bits per heavy atom. The summed E-state index contributed by atoms with van der Waals surface area (Å²) in [5, 5.41) is 6.27. The molecule has 2 rings (SSSR count). The van der Waals surface area contributed by atoms with Crippen LogP contribution < -0.4 is 16.4 Å². The minimum atomic E-state index is -0.900. The lowest BCUT2D eigenvalue weighted by molar-refractivity contribution is -0.121. The van der Waals surface area contributed by atoms with E-state index in [2.05, 4.69) is 27.5 Å². The second kappa shape index (κ2) is 5.36. The largest absolute Gasteiger partial charge is 0.369 e. The molecule has 7 nitrogen and oxygen atoms in total. The normalized spacial score (nSPS) is 11.6. The number of hydrogen-bond acceptors (Lipinski definition) is 5. The highest BCUT2D eigenvalue weighted by Crippen LogP contribution is 2.20. The molecule has 0 unspecified atom stereocenters. The summed E-state index contributed by atoms with van der Waals surface area (Å²) in [7, 11) is 0. The molecular formula is C13H20N6O. The SMILES string of the molecule is CCCNc1cn2ccnc2c(NC(C)(C)C(N)=O)n1. The number of anilines is 2. The molecule has 4 N–H and O–H groups in total. The molecular weight excluding hydrogens is 256 g/mol. The zero-order valence-electron chi connectivity index (χ0n) is 12.0. The first kappa shape index (κ1) is 14.1. The van der Waals surface area contributed by atoms with E-state index in [1.54, 1.807) is 20.0 Å². The molecule has 0 spiro atoms. The van der Waals surface area contributed by atoms with E-state index in [0.29, 0.717) is 11.5 Å². The van der Waals surface area contributed by atoms with Gasteiger partial charge >= 0.3 is 0 Å². The van der Waals surface area contributed by atoms with Crippen molar-refractivity contribution in [2.45, 2.75) is 32.7 Å². The van der Waals surface area contributed by atoms with Crippen molar-refractivity contribution in [1.29, 1.82) is 0 Å². The van der Waals surface area contributed by atoms with E-state index in [1.807, 2.05) is 16.8 Å². The minimum absolute atomic E-state index is 0.448. The van der Waals surface area contributed by atoms with Crippen LogP contribution in [0.25, 0.3) is 5.65 Å². The van der Waals surface area contributed by atoms with Gasteiger partial charge in [-0.1, -0.05) is 6.92 Å². The van der Waals surface area contributed by atoms with Gasteiger partial charge in [0.1, 0.15) is 11.4 Å². The lowest BCUT2D eigenvalue weighted by Gasteiger charge is -2.23. The summed E-state index contributed by atoms with van der Waals surface area (Å²) in [6.07, 6.45) is 6.37. The molecule has 0 fully saturated rings. The van der Waals surface area contributed by atoms with Crippen LogP contribution >= 0.6 is 0 Å². The van der Waals surface area contributed by atoms with Crippen LogP contribution in [0.4, 0.5) is 11.6 Å². The fourth-order valence-electron chi connectivity index (χ4n) is 1.71. The molecule has 2 aromatic rings. The van der Waals surface area contributed by atoms with Gasteiger partial charge in [0.15, 0.2) is 11.5 Å². The Morgan fingerprint density at radius 2 is 2.25 bits per heavy atom. The number of nitrogens with two attached hydrogens (primary N) is 1.